The quantitative estimate of drug-likeness (QED) is 0.692. The zero-order valence-electron chi connectivity index (χ0n) is 12.4. The van der Waals surface area contributed by atoms with Crippen LogP contribution in [0.3, 0.4) is 0 Å². The smallest absolute Gasteiger partial charge is 0.231 e. The maximum absolute atomic E-state index is 8.80. The second-order valence-corrected chi connectivity index (χ2v) is 5.28. The van der Waals surface area contributed by atoms with E-state index in [1.54, 1.807) is 12.4 Å². The Balaban J connectivity index is 1.87. The Morgan fingerprint density at radius 3 is 2.91 bits per heavy atom. The van der Waals surface area contributed by atoms with Crippen molar-refractivity contribution in [1.82, 2.24) is 14.5 Å². The molecule has 0 fully saturated rings. The van der Waals surface area contributed by atoms with E-state index in [1.165, 1.54) is 0 Å². The number of hydrogen-bond acceptors (Lipinski definition) is 5. The van der Waals surface area contributed by atoms with Gasteiger partial charge in [-0.1, -0.05) is 0 Å². The highest BCUT2D eigenvalue weighted by atomic mass is 16.7. The molecule has 0 spiro atoms. The number of ether oxygens (including phenoxy) is 2. The molecular weight excluding hydrogens is 292 g/mol. The van der Waals surface area contributed by atoms with E-state index in [2.05, 4.69) is 15.6 Å². The second-order valence-electron chi connectivity index (χ2n) is 5.28. The van der Waals surface area contributed by atoms with Crippen molar-refractivity contribution in [3.63, 3.8) is 0 Å². The Morgan fingerprint density at radius 1 is 1.26 bits per heavy atom. The van der Waals surface area contributed by atoms with Crippen molar-refractivity contribution in [2.75, 3.05) is 6.79 Å². The molecule has 23 heavy (non-hydrogen) atoms. The van der Waals surface area contributed by atoms with E-state index in [1.807, 2.05) is 24.3 Å². The zero-order valence-corrected chi connectivity index (χ0v) is 12.4. The lowest BCUT2D eigenvalue weighted by Crippen LogP contribution is -2.01. The van der Waals surface area contributed by atoms with E-state index in [-0.39, 0.29) is 6.79 Å². The van der Waals surface area contributed by atoms with Crippen molar-refractivity contribution in [1.29, 1.82) is 5.26 Å². The van der Waals surface area contributed by atoms with Gasteiger partial charge in [0, 0.05) is 43.1 Å². The number of unbranched alkanes of at least 4 members (excludes halogenated alkanes) is 1. The van der Waals surface area contributed by atoms with Crippen LogP contribution in [-0.2, 0) is 6.54 Å². The van der Waals surface area contributed by atoms with Crippen molar-refractivity contribution in [3.8, 4) is 29.0 Å². The average molecular weight is 306 g/mol. The molecule has 0 amide bonds. The van der Waals surface area contributed by atoms with Crippen LogP contribution < -0.4 is 9.47 Å². The van der Waals surface area contributed by atoms with Crippen LogP contribution in [0.4, 0.5) is 0 Å². The standard InChI is InChI=1S/C17H14N4O2/c18-5-1-2-7-21-14-9-16-15(22-11-23-16)8-13(14)20-17(21)12-4-3-6-19-10-12/h3-4,6,8-10H,1-2,7,11H2. The molecule has 0 atom stereocenters. The van der Waals surface area contributed by atoms with Crippen LogP contribution in [0.5, 0.6) is 11.5 Å². The molecular formula is C17H14N4O2. The largest absolute Gasteiger partial charge is 0.454 e. The second kappa shape index (κ2) is 5.61. The van der Waals surface area contributed by atoms with Crippen LogP contribution in [0.1, 0.15) is 12.8 Å². The van der Waals surface area contributed by atoms with Crippen molar-refractivity contribution >= 4 is 11.0 Å². The van der Waals surface area contributed by atoms with E-state index in [0.717, 1.165) is 40.3 Å². The van der Waals surface area contributed by atoms with Gasteiger partial charge in [0.25, 0.3) is 0 Å². The van der Waals surface area contributed by atoms with Gasteiger partial charge < -0.3 is 14.0 Å². The Hall–Kier alpha value is -3.07. The van der Waals surface area contributed by atoms with Gasteiger partial charge in [0.15, 0.2) is 11.5 Å². The summed E-state index contributed by atoms with van der Waals surface area (Å²) in [6.07, 6.45) is 4.81. The summed E-state index contributed by atoms with van der Waals surface area (Å²) in [4.78, 5) is 8.92. The highest BCUT2D eigenvalue weighted by Gasteiger charge is 2.19. The van der Waals surface area contributed by atoms with Crippen LogP contribution in [0, 0.1) is 11.3 Å². The molecule has 0 radical (unpaired) electrons. The summed E-state index contributed by atoms with van der Waals surface area (Å²) in [5.74, 6) is 2.29. The van der Waals surface area contributed by atoms with Crippen LogP contribution in [-0.4, -0.2) is 21.3 Å². The number of pyridine rings is 1. The molecule has 6 heteroatoms. The highest BCUT2D eigenvalue weighted by molar-refractivity contribution is 5.84. The Kier molecular flexibility index (Phi) is 3.31. The number of aromatic nitrogens is 3. The maximum Gasteiger partial charge on any atom is 0.231 e. The average Bonchev–Trinajstić information content (AvgIpc) is 3.18. The summed E-state index contributed by atoms with van der Waals surface area (Å²) in [5, 5.41) is 8.80. The molecule has 114 valence electrons. The number of benzene rings is 1. The van der Waals surface area contributed by atoms with Gasteiger partial charge in [0.1, 0.15) is 5.82 Å². The van der Waals surface area contributed by atoms with Gasteiger partial charge in [-0.15, -0.1) is 0 Å². The molecule has 0 saturated heterocycles. The molecule has 1 aliphatic heterocycles. The molecule has 3 heterocycles. The third-order valence-electron chi connectivity index (χ3n) is 3.83. The van der Waals surface area contributed by atoms with E-state index in [4.69, 9.17) is 19.7 Å². The molecule has 0 bridgehead atoms. The number of hydrogen-bond donors (Lipinski definition) is 0. The molecule has 0 saturated carbocycles. The van der Waals surface area contributed by atoms with Gasteiger partial charge >= 0.3 is 0 Å². The maximum atomic E-state index is 8.80. The molecule has 0 N–H and O–H groups in total. The van der Waals surface area contributed by atoms with Crippen LogP contribution >= 0.6 is 0 Å². The summed E-state index contributed by atoms with van der Waals surface area (Å²) in [6.45, 7) is 0.958. The fraction of sp³-hybridized carbons (Fsp3) is 0.235. The highest BCUT2D eigenvalue weighted by Crippen LogP contribution is 2.37. The minimum atomic E-state index is 0.242. The number of fused-ring (bicyclic) bond motifs is 2. The molecule has 3 aromatic rings. The first-order chi connectivity index (χ1) is 11.4. The van der Waals surface area contributed by atoms with Gasteiger partial charge in [-0.25, -0.2) is 4.98 Å². The Morgan fingerprint density at radius 2 is 2.13 bits per heavy atom. The van der Waals surface area contributed by atoms with E-state index >= 15 is 0 Å². The van der Waals surface area contributed by atoms with Crippen LogP contribution in [0.25, 0.3) is 22.4 Å². The normalized spacial score (nSPS) is 12.5. The minimum Gasteiger partial charge on any atom is -0.454 e. The Labute approximate surface area is 132 Å². The fourth-order valence-electron chi connectivity index (χ4n) is 2.77. The lowest BCUT2D eigenvalue weighted by atomic mass is 10.2. The molecule has 0 aliphatic carbocycles. The van der Waals surface area contributed by atoms with Crippen molar-refractivity contribution in [2.45, 2.75) is 19.4 Å². The summed E-state index contributed by atoms with van der Waals surface area (Å²) in [7, 11) is 0. The van der Waals surface area contributed by atoms with Gasteiger partial charge in [0.05, 0.1) is 17.1 Å². The van der Waals surface area contributed by atoms with Crippen LogP contribution in [0.2, 0.25) is 0 Å². The minimum absolute atomic E-state index is 0.242. The van der Waals surface area contributed by atoms with E-state index in [0.29, 0.717) is 13.0 Å². The molecule has 1 aliphatic rings. The number of aryl methyl sites for hydroxylation is 1. The van der Waals surface area contributed by atoms with Crippen molar-refractivity contribution < 1.29 is 9.47 Å². The van der Waals surface area contributed by atoms with Crippen LogP contribution in [0.15, 0.2) is 36.7 Å². The topological polar surface area (TPSA) is 73.0 Å². The molecule has 2 aromatic heterocycles. The Bertz CT molecular complexity index is 896. The van der Waals surface area contributed by atoms with Crippen molar-refractivity contribution in [3.05, 3.63) is 36.7 Å². The molecule has 6 nitrogen and oxygen atoms in total. The number of nitriles is 1. The van der Waals surface area contributed by atoms with Gasteiger partial charge in [-0.2, -0.15) is 5.26 Å². The summed E-state index contributed by atoms with van der Waals surface area (Å²) in [5.41, 5.74) is 2.78. The summed E-state index contributed by atoms with van der Waals surface area (Å²) >= 11 is 0. The summed E-state index contributed by atoms with van der Waals surface area (Å²) < 4.78 is 13.0. The van der Waals surface area contributed by atoms with Gasteiger partial charge in [-0.05, 0) is 18.6 Å². The predicted octanol–water partition coefficient (Wildman–Crippen LogP) is 3.13. The molecule has 4 rings (SSSR count). The molecule has 1 aromatic carbocycles. The molecule has 0 unspecified atom stereocenters. The fourth-order valence-corrected chi connectivity index (χ4v) is 2.77. The third-order valence-corrected chi connectivity index (χ3v) is 3.83. The monoisotopic (exact) mass is 306 g/mol. The SMILES string of the molecule is N#CCCCn1c(-c2cccnc2)nc2cc3c(cc21)OCO3. The summed E-state index contributed by atoms with van der Waals surface area (Å²) in [6, 6.07) is 9.92. The first-order valence-corrected chi connectivity index (χ1v) is 7.44. The number of nitrogens with zero attached hydrogens (tertiary/aromatic N) is 4. The lowest BCUT2D eigenvalue weighted by Gasteiger charge is -2.08. The number of imidazole rings is 1. The first-order valence-electron chi connectivity index (χ1n) is 7.44. The van der Waals surface area contributed by atoms with Crippen molar-refractivity contribution in [2.24, 2.45) is 0 Å². The first kappa shape index (κ1) is 13.6. The number of rotatable bonds is 4. The lowest BCUT2D eigenvalue weighted by molar-refractivity contribution is 0.174. The van der Waals surface area contributed by atoms with E-state index in [9.17, 15) is 0 Å². The predicted molar refractivity (Wildman–Crippen MR) is 83.9 cm³/mol. The van der Waals surface area contributed by atoms with E-state index < -0.39 is 0 Å². The third kappa shape index (κ3) is 2.36. The zero-order chi connectivity index (χ0) is 15.6. The van der Waals surface area contributed by atoms with Gasteiger partial charge in [0.2, 0.25) is 6.79 Å². The van der Waals surface area contributed by atoms with Gasteiger partial charge in [-0.3, -0.25) is 4.98 Å².